The van der Waals surface area contributed by atoms with Crippen LogP contribution in [0, 0.1) is 6.92 Å². The van der Waals surface area contributed by atoms with E-state index in [1.807, 2.05) is 67.2 Å². The molecule has 1 N–H and O–H groups in total. The summed E-state index contributed by atoms with van der Waals surface area (Å²) in [5.74, 6) is 0.589. The van der Waals surface area contributed by atoms with Gasteiger partial charge < -0.3 is 9.84 Å². The number of rotatable bonds is 4. The molecule has 0 atom stereocenters. The van der Waals surface area contributed by atoms with Crippen molar-refractivity contribution in [2.24, 2.45) is 7.05 Å². The fourth-order valence-corrected chi connectivity index (χ4v) is 3.93. The number of nitrogens with zero attached hydrogens (tertiary/aromatic N) is 3. The molecule has 0 spiro atoms. The van der Waals surface area contributed by atoms with E-state index in [4.69, 9.17) is 9.84 Å². The van der Waals surface area contributed by atoms with Gasteiger partial charge in [0.2, 0.25) is 0 Å². The molecule has 2 heterocycles. The SMILES string of the molecule is Cc1cccc(Oc2ccc3c(C4=Cc5nccc(C(=O)O)c5C4)nn(C)c3c2)c1. The Balaban J connectivity index is 1.51. The Labute approximate surface area is 173 Å². The van der Waals surface area contributed by atoms with Crippen LogP contribution in [0.1, 0.15) is 32.9 Å². The molecule has 0 fully saturated rings. The van der Waals surface area contributed by atoms with Gasteiger partial charge in [-0.3, -0.25) is 9.67 Å². The lowest BCUT2D eigenvalue weighted by molar-refractivity contribution is 0.0695. The topological polar surface area (TPSA) is 77.2 Å². The van der Waals surface area contributed by atoms with Crippen molar-refractivity contribution in [3.63, 3.8) is 0 Å². The molecule has 2 aromatic heterocycles. The highest BCUT2D eigenvalue weighted by Crippen LogP contribution is 2.36. The highest BCUT2D eigenvalue weighted by Gasteiger charge is 2.24. The van der Waals surface area contributed by atoms with E-state index in [1.54, 1.807) is 6.07 Å². The minimum absolute atomic E-state index is 0.292. The minimum atomic E-state index is -0.938. The number of ether oxygens (including phenoxy) is 1. The molecule has 5 rings (SSSR count). The van der Waals surface area contributed by atoms with Crippen LogP contribution in [0.4, 0.5) is 0 Å². The van der Waals surface area contributed by atoms with Crippen LogP contribution in [-0.4, -0.2) is 25.8 Å². The van der Waals surface area contributed by atoms with E-state index in [-0.39, 0.29) is 0 Å². The Hall–Kier alpha value is -3.93. The first-order valence-electron chi connectivity index (χ1n) is 9.63. The molecule has 0 aliphatic heterocycles. The van der Waals surface area contributed by atoms with Gasteiger partial charge in [-0.1, -0.05) is 12.1 Å². The number of hydrogen-bond donors (Lipinski definition) is 1. The van der Waals surface area contributed by atoms with Crippen LogP contribution in [0.25, 0.3) is 22.6 Å². The number of carboxylic acid groups (broad SMARTS) is 1. The first-order valence-corrected chi connectivity index (χ1v) is 9.63. The van der Waals surface area contributed by atoms with Gasteiger partial charge in [0.1, 0.15) is 11.5 Å². The maximum atomic E-state index is 11.5. The molecule has 0 unspecified atom stereocenters. The lowest BCUT2D eigenvalue weighted by Gasteiger charge is -2.07. The predicted octanol–water partition coefficient (Wildman–Crippen LogP) is 4.86. The summed E-state index contributed by atoms with van der Waals surface area (Å²) in [6.45, 7) is 2.03. The predicted molar refractivity (Wildman–Crippen MR) is 115 cm³/mol. The molecule has 0 radical (unpaired) electrons. The number of carbonyl (C=O) groups is 1. The summed E-state index contributed by atoms with van der Waals surface area (Å²) in [5, 5.41) is 15.2. The Morgan fingerprint density at radius 1 is 1.13 bits per heavy atom. The number of aromatic nitrogens is 3. The van der Waals surface area contributed by atoms with Gasteiger partial charge in [0.05, 0.1) is 22.5 Å². The van der Waals surface area contributed by atoms with Crippen LogP contribution >= 0.6 is 0 Å². The van der Waals surface area contributed by atoms with Gasteiger partial charge in [0, 0.05) is 31.1 Å². The fourth-order valence-electron chi connectivity index (χ4n) is 3.93. The summed E-state index contributed by atoms with van der Waals surface area (Å²) in [7, 11) is 1.89. The molecule has 1 aliphatic carbocycles. The Morgan fingerprint density at radius 3 is 2.77 bits per heavy atom. The number of carboxylic acids is 1. The highest BCUT2D eigenvalue weighted by atomic mass is 16.5. The molecule has 1 aliphatic rings. The zero-order valence-electron chi connectivity index (χ0n) is 16.6. The number of aromatic carboxylic acids is 1. The van der Waals surface area contributed by atoms with Crippen molar-refractivity contribution in [1.29, 1.82) is 0 Å². The van der Waals surface area contributed by atoms with Gasteiger partial charge in [-0.15, -0.1) is 0 Å². The molecule has 6 nitrogen and oxygen atoms in total. The van der Waals surface area contributed by atoms with Gasteiger partial charge in [-0.05, 0) is 60.0 Å². The molecule has 30 heavy (non-hydrogen) atoms. The summed E-state index contributed by atoms with van der Waals surface area (Å²) >= 11 is 0. The number of pyridine rings is 1. The molecule has 2 aromatic carbocycles. The Kier molecular flexibility index (Phi) is 4.13. The third-order valence-corrected chi connectivity index (χ3v) is 5.35. The lowest BCUT2D eigenvalue weighted by atomic mass is 10.0. The number of benzene rings is 2. The third kappa shape index (κ3) is 3.03. The van der Waals surface area contributed by atoms with Crippen LogP contribution in [0.2, 0.25) is 0 Å². The van der Waals surface area contributed by atoms with Gasteiger partial charge >= 0.3 is 5.97 Å². The normalized spacial score (nSPS) is 12.7. The van der Waals surface area contributed by atoms with Crippen molar-refractivity contribution in [2.75, 3.05) is 0 Å². The Morgan fingerprint density at radius 2 is 1.97 bits per heavy atom. The van der Waals surface area contributed by atoms with E-state index in [9.17, 15) is 9.90 Å². The summed E-state index contributed by atoms with van der Waals surface area (Å²) < 4.78 is 7.84. The summed E-state index contributed by atoms with van der Waals surface area (Å²) in [4.78, 5) is 15.9. The van der Waals surface area contributed by atoms with Crippen LogP contribution in [0.15, 0.2) is 54.7 Å². The van der Waals surface area contributed by atoms with Crippen LogP contribution in [-0.2, 0) is 13.5 Å². The highest BCUT2D eigenvalue weighted by molar-refractivity contribution is 6.00. The number of hydrogen-bond acceptors (Lipinski definition) is 4. The first-order chi connectivity index (χ1) is 14.5. The molecule has 0 saturated heterocycles. The number of allylic oxidation sites excluding steroid dienone is 1. The maximum absolute atomic E-state index is 11.5. The van der Waals surface area contributed by atoms with E-state index in [1.165, 1.54) is 6.20 Å². The molecule has 148 valence electrons. The quantitative estimate of drug-likeness (QED) is 0.532. The summed E-state index contributed by atoms with van der Waals surface area (Å²) in [6, 6.07) is 15.4. The smallest absolute Gasteiger partial charge is 0.336 e. The second-order valence-electron chi connectivity index (χ2n) is 7.44. The van der Waals surface area contributed by atoms with Gasteiger partial charge in [0.25, 0.3) is 0 Å². The average Bonchev–Trinajstić information content (AvgIpc) is 3.29. The van der Waals surface area contributed by atoms with Crippen LogP contribution < -0.4 is 4.74 Å². The van der Waals surface area contributed by atoms with E-state index < -0.39 is 5.97 Å². The molecule has 4 aromatic rings. The van der Waals surface area contributed by atoms with Crippen molar-refractivity contribution in [3.8, 4) is 11.5 Å². The zero-order valence-corrected chi connectivity index (χ0v) is 16.6. The standard InChI is InChI=1S/C24H19N3O3/c1-14-4-3-5-16(10-14)30-17-6-7-19-22(13-17)27(2)26-23(19)15-11-20-18(24(28)29)8-9-25-21(20)12-15/h3-10,12-13H,11H2,1-2H3,(H,28,29). The van der Waals surface area contributed by atoms with Gasteiger partial charge in [-0.25, -0.2) is 4.79 Å². The lowest BCUT2D eigenvalue weighted by Crippen LogP contribution is -2.03. The van der Waals surface area contributed by atoms with Crippen molar-refractivity contribution in [3.05, 3.63) is 82.8 Å². The largest absolute Gasteiger partial charge is 0.478 e. The molecule has 6 heteroatoms. The third-order valence-electron chi connectivity index (χ3n) is 5.35. The first kappa shape index (κ1) is 18.1. The molecule has 0 bridgehead atoms. The molecular weight excluding hydrogens is 378 g/mol. The molecule has 0 amide bonds. The van der Waals surface area contributed by atoms with Crippen LogP contribution in [0.5, 0.6) is 11.5 Å². The number of aryl methyl sites for hydroxylation is 2. The van der Waals surface area contributed by atoms with Crippen molar-refractivity contribution in [1.82, 2.24) is 14.8 Å². The van der Waals surface area contributed by atoms with Gasteiger partial charge in [0.15, 0.2) is 0 Å². The zero-order chi connectivity index (χ0) is 20.8. The minimum Gasteiger partial charge on any atom is -0.478 e. The van der Waals surface area contributed by atoms with E-state index >= 15 is 0 Å². The number of fused-ring (bicyclic) bond motifs is 2. The van der Waals surface area contributed by atoms with E-state index in [0.29, 0.717) is 17.7 Å². The fraction of sp³-hybridized carbons (Fsp3) is 0.125. The maximum Gasteiger partial charge on any atom is 0.336 e. The summed E-state index contributed by atoms with van der Waals surface area (Å²) in [5.41, 5.74) is 5.60. The monoisotopic (exact) mass is 397 g/mol. The van der Waals surface area contributed by atoms with Gasteiger partial charge in [-0.2, -0.15) is 5.10 Å². The second kappa shape index (κ2) is 6.84. The average molecular weight is 397 g/mol. The van der Waals surface area contributed by atoms with E-state index in [0.717, 1.165) is 44.8 Å². The Bertz CT molecular complexity index is 1350. The van der Waals surface area contributed by atoms with Crippen molar-refractivity contribution < 1.29 is 14.6 Å². The van der Waals surface area contributed by atoms with E-state index in [2.05, 4.69) is 4.98 Å². The van der Waals surface area contributed by atoms with Crippen molar-refractivity contribution >= 4 is 28.5 Å². The molecule has 0 saturated carbocycles. The summed E-state index contributed by atoms with van der Waals surface area (Å²) in [6.07, 6.45) is 3.96. The van der Waals surface area contributed by atoms with Crippen LogP contribution in [0.3, 0.4) is 0 Å². The van der Waals surface area contributed by atoms with Crippen molar-refractivity contribution in [2.45, 2.75) is 13.3 Å². The second-order valence-corrected chi connectivity index (χ2v) is 7.44. The molecular formula is C24H19N3O3.